The topological polar surface area (TPSA) is 12.0 Å². The summed E-state index contributed by atoms with van der Waals surface area (Å²) in [6.07, 6.45) is -3.42. The van der Waals surface area contributed by atoms with Crippen molar-refractivity contribution < 1.29 is 17.6 Å². The lowest BCUT2D eigenvalue weighted by molar-refractivity contribution is -0.140. The lowest BCUT2D eigenvalue weighted by Crippen LogP contribution is -2.25. The summed E-state index contributed by atoms with van der Waals surface area (Å²) in [5.74, 6) is -1.22. The SMILES string of the molecule is CCNC(C)CCc1ccc(F)c(C(F)(F)F)c1. The van der Waals surface area contributed by atoms with Gasteiger partial charge in [0.15, 0.2) is 0 Å². The molecular weight excluding hydrogens is 246 g/mol. The molecule has 0 bridgehead atoms. The quantitative estimate of drug-likeness (QED) is 0.797. The summed E-state index contributed by atoms with van der Waals surface area (Å²) in [7, 11) is 0. The molecule has 0 saturated heterocycles. The third-order valence-corrected chi connectivity index (χ3v) is 2.75. The highest BCUT2D eigenvalue weighted by molar-refractivity contribution is 5.27. The van der Waals surface area contributed by atoms with Crippen LogP contribution >= 0.6 is 0 Å². The van der Waals surface area contributed by atoms with Crippen LogP contribution in [0.4, 0.5) is 17.6 Å². The van der Waals surface area contributed by atoms with E-state index in [0.29, 0.717) is 12.0 Å². The van der Waals surface area contributed by atoms with Crippen LogP contribution in [0, 0.1) is 5.82 Å². The van der Waals surface area contributed by atoms with Gasteiger partial charge in [0.1, 0.15) is 5.82 Å². The summed E-state index contributed by atoms with van der Waals surface area (Å²) >= 11 is 0. The van der Waals surface area contributed by atoms with Gasteiger partial charge in [-0.25, -0.2) is 4.39 Å². The number of aryl methyl sites for hydroxylation is 1. The minimum absolute atomic E-state index is 0.231. The molecule has 0 aliphatic heterocycles. The lowest BCUT2D eigenvalue weighted by atomic mass is 10.0. The molecule has 0 radical (unpaired) electrons. The second kappa shape index (κ2) is 6.18. The lowest BCUT2D eigenvalue weighted by Gasteiger charge is -2.13. The van der Waals surface area contributed by atoms with Crippen molar-refractivity contribution in [3.8, 4) is 0 Å². The van der Waals surface area contributed by atoms with Crippen molar-refractivity contribution in [2.75, 3.05) is 6.54 Å². The molecule has 102 valence electrons. The number of alkyl halides is 3. The highest BCUT2D eigenvalue weighted by Gasteiger charge is 2.34. The Bertz CT molecular complexity index is 387. The van der Waals surface area contributed by atoms with E-state index in [-0.39, 0.29) is 6.04 Å². The first-order valence-corrected chi connectivity index (χ1v) is 5.93. The number of rotatable bonds is 5. The Morgan fingerprint density at radius 3 is 2.50 bits per heavy atom. The molecule has 1 rings (SSSR count). The predicted molar refractivity (Wildman–Crippen MR) is 62.9 cm³/mol. The maximum Gasteiger partial charge on any atom is 0.419 e. The Labute approximate surface area is 104 Å². The summed E-state index contributed by atoms with van der Waals surface area (Å²) < 4.78 is 50.5. The zero-order chi connectivity index (χ0) is 13.8. The number of halogens is 4. The van der Waals surface area contributed by atoms with E-state index in [9.17, 15) is 17.6 Å². The third-order valence-electron chi connectivity index (χ3n) is 2.75. The van der Waals surface area contributed by atoms with Crippen molar-refractivity contribution >= 4 is 0 Å². The average Bonchev–Trinajstić information content (AvgIpc) is 2.27. The Balaban J connectivity index is 2.74. The summed E-state index contributed by atoms with van der Waals surface area (Å²) in [5, 5.41) is 3.18. The molecule has 0 aliphatic rings. The van der Waals surface area contributed by atoms with Crippen molar-refractivity contribution in [3.05, 3.63) is 35.1 Å². The van der Waals surface area contributed by atoms with Gasteiger partial charge >= 0.3 is 6.18 Å². The molecule has 5 heteroatoms. The standard InChI is InChI=1S/C13H17F4N/c1-3-18-9(2)4-5-10-6-7-12(14)11(8-10)13(15,16)17/h6-9,18H,3-5H2,1-2H3. The van der Waals surface area contributed by atoms with Gasteiger partial charge < -0.3 is 5.32 Å². The van der Waals surface area contributed by atoms with Crippen molar-refractivity contribution in [1.29, 1.82) is 0 Å². The molecule has 1 unspecified atom stereocenters. The molecule has 0 saturated carbocycles. The molecule has 1 aromatic carbocycles. The van der Waals surface area contributed by atoms with Gasteiger partial charge in [0.05, 0.1) is 5.56 Å². The molecule has 1 aromatic rings. The average molecular weight is 263 g/mol. The van der Waals surface area contributed by atoms with Gasteiger partial charge in [0, 0.05) is 6.04 Å². The van der Waals surface area contributed by atoms with Crippen LogP contribution in [-0.4, -0.2) is 12.6 Å². The van der Waals surface area contributed by atoms with Crippen LogP contribution in [-0.2, 0) is 12.6 Å². The fourth-order valence-corrected chi connectivity index (χ4v) is 1.78. The first-order chi connectivity index (χ1) is 8.34. The van der Waals surface area contributed by atoms with Crippen LogP contribution in [0.2, 0.25) is 0 Å². The van der Waals surface area contributed by atoms with E-state index in [1.807, 2.05) is 13.8 Å². The molecule has 0 spiro atoms. The Morgan fingerprint density at radius 2 is 1.94 bits per heavy atom. The minimum Gasteiger partial charge on any atom is -0.315 e. The Kier molecular flexibility index (Phi) is 5.14. The Morgan fingerprint density at radius 1 is 1.28 bits per heavy atom. The zero-order valence-electron chi connectivity index (χ0n) is 10.4. The number of hydrogen-bond donors (Lipinski definition) is 1. The fraction of sp³-hybridized carbons (Fsp3) is 0.538. The van der Waals surface area contributed by atoms with E-state index >= 15 is 0 Å². The van der Waals surface area contributed by atoms with Crippen LogP contribution in [0.5, 0.6) is 0 Å². The first kappa shape index (κ1) is 15.0. The minimum atomic E-state index is -4.63. The largest absolute Gasteiger partial charge is 0.419 e. The fourth-order valence-electron chi connectivity index (χ4n) is 1.78. The van der Waals surface area contributed by atoms with Crippen LogP contribution in [0.1, 0.15) is 31.4 Å². The summed E-state index contributed by atoms with van der Waals surface area (Å²) in [6, 6.07) is 3.42. The summed E-state index contributed by atoms with van der Waals surface area (Å²) in [5.41, 5.74) is -0.676. The van der Waals surface area contributed by atoms with E-state index in [2.05, 4.69) is 5.32 Å². The van der Waals surface area contributed by atoms with Crippen molar-refractivity contribution in [2.45, 2.75) is 38.9 Å². The second-order valence-corrected chi connectivity index (χ2v) is 4.31. The maximum atomic E-state index is 13.1. The normalized spacial score (nSPS) is 13.7. The van der Waals surface area contributed by atoms with Gasteiger partial charge in [0.25, 0.3) is 0 Å². The van der Waals surface area contributed by atoms with Gasteiger partial charge in [-0.05, 0) is 44.0 Å². The van der Waals surface area contributed by atoms with E-state index in [1.165, 1.54) is 6.07 Å². The highest BCUT2D eigenvalue weighted by atomic mass is 19.4. The highest BCUT2D eigenvalue weighted by Crippen LogP contribution is 2.32. The molecule has 0 fully saturated rings. The first-order valence-electron chi connectivity index (χ1n) is 5.93. The van der Waals surface area contributed by atoms with Crippen LogP contribution in [0.15, 0.2) is 18.2 Å². The van der Waals surface area contributed by atoms with Crippen LogP contribution < -0.4 is 5.32 Å². The van der Waals surface area contributed by atoms with E-state index in [1.54, 1.807) is 0 Å². The third kappa shape index (κ3) is 4.29. The monoisotopic (exact) mass is 263 g/mol. The summed E-state index contributed by atoms with van der Waals surface area (Å²) in [6.45, 7) is 4.76. The van der Waals surface area contributed by atoms with Gasteiger partial charge in [-0.2, -0.15) is 13.2 Å². The molecule has 18 heavy (non-hydrogen) atoms. The Hall–Kier alpha value is -1.10. The van der Waals surface area contributed by atoms with E-state index < -0.39 is 17.6 Å². The van der Waals surface area contributed by atoms with Crippen molar-refractivity contribution in [1.82, 2.24) is 5.32 Å². The van der Waals surface area contributed by atoms with Gasteiger partial charge in [-0.3, -0.25) is 0 Å². The maximum absolute atomic E-state index is 13.1. The van der Waals surface area contributed by atoms with E-state index in [0.717, 1.165) is 25.1 Å². The summed E-state index contributed by atoms with van der Waals surface area (Å²) in [4.78, 5) is 0. The molecule has 0 aromatic heterocycles. The van der Waals surface area contributed by atoms with Gasteiger partial charge in [0.2, 0.25) is 0 Å². The smallest absolute Gasteiger partial charge is 0.315 e. The molecule has 0 aliphatic carbocycles. The molecule has 1 atom stereocenters. The predicted octanol–water partition coefficient (Wildman–Crippen LogP) is 3.78. The molecule has 1 nitrogen and oxygen atoms in total. The second-order valence-electron chi connectivity index (χ2n) is 4.31. The molecule has 0 heterocycles. The number of nitrogens with one attached hydrogen (secondary N) is 1. The molecular formula is C13H17F4N. The zero-order valence-corrected chi connectivity index (χ0v) is 10.4. The number of hydrogen-bond acceptors (Lipinski definition) is 1. The van der Waals surface area contributed by atoms with Gasteiger partial charge in [-0.1, -0.05) is 13.0 Å². The van der Waals surface area contributed by atoms with Crippen LogP contribution in [0.3, 0.4) is 0 Å². The van der Waals surface area contributed by atoms with Crippen molar-refractivity contribution in [3.63, 3.8) is 0 Å². The van der Waals surface area contributed by atoms with Crippen molar-refractivity contribution in [2.24, 2.45) is 0 Å². The van der Waals surface area contributed by atoms with Gasteiger partial charge in [-0.15, -0.1) is 0 Å². The van der Waals surface area contributed by atoms with E-state index in [4.69, 9.17) is 0 Å². The molecule has 0 amide bonds. The number of benzene rings is 1. The molecule has 1 N–H and O–H groups in total. The van der Waals surface area contributed by atoms with Crippen LogP contribution in [0.25, 0.3) is 0 Å².